The van der Waals surface area contributed by atoms with Crippen molar-refractivity contribution in [3.63, 3.8) is 0 Å². The van der Waals surface area contributed by atoms with Crippen molar-refractivity contribution in [1.29, 1.82) is 0 Å². The molecule has 0 spiro atoms. The highest BCUT2D eigenvalue weighted by atomic mass is 35.5. The summed E-state index contributed by atoms with van der Waals surface area (Å²) in [6.45, 7) is 8.64. The fourth-order valence-corrected chi connectivity index (χ4v) is 1.68. The van der Waals surface area contributed by atoms with Crippen LogP contribution in [0.3, 0.4) is 0 Å². The number of hydrogen-bond acceptors (Lipinski definition) is 3. The zero-order chi connectivity index (χ0) is 11.7. The van der Waals surface area contributed by atoms with E-state index in [1.54, 1.807) is 6.08 Å². The van der Waals surface area contributed by atoms with Crippen LogP contribution < -0.4 is 4.84 Å². The Morgan fingerprint density at radius 3 is 2.73 bits per heavy atom. The molecule has 88 valence electrons. The molecule has 15 heavy (non-hydrogen) atoms. The first-order chi connectivity index (χ1) is 7.10. The molecule has 1 unspecified atom stereocenters. The largest absolute Gasteiger partial charge is 0.461 e. The molecule has 1 atom stereocenters. The van der Waals surface area contributed by atoms with Gasteiger partial charge in [-0.25, -0.2) is 4.84 Å². The van der Waals surface area contributed by atoms with E-state index in [9.17, 15) is 4.79 Å². The van der Waals surface area contributed by atoms with Crippen molar-refractivity contribution in [2.24, 2.45) is 11.8 Å². The number of hydrogen-bond donors (Lipinski definition) is 1. The second-order valence-electron chi connectivity index (χ2n) is 4.01. The van der Waals surface area contributed by atoms with E-state index in [0.717, 1.165) is 6.42 Å². The van der Waals surface area contributed by atoms with Crippen molar-refractivity contribution in [2.45, 2.75) is 26.7 Å². The highest BCUT2D eigenvalue weighted by Gasteiger charge is 2.15. The smallest absolute Gasteiger partial charge is 0.306 e. The predicted molar refractivity (Wildman–Crippen MR) is 62.6 cm³/mol. The van der Waals surface area contributed by atoms with Gasteiger partial charge < -0.3 is 4.74 Å². The molecule has 0 heterocycles. The summed E-state index contributed by atoms with van der Waals surface area (Å²) >= 11 is 5.45. The van der Waals surface area contributed by atoms with Crippen LogP contribution >= 0.6 is 11.8 Å². The molecule has 0 bridgehead atoms. The van der Waals surface area contributed by atoms with Crippen molar-refractivity contribution in [3.05, 3.63) is 12.7 Å². The van der Waals surface area contributed by atoms with Crippen molar-refractivity contribution < 1.29 is 9.53 Å². The van der Waals surface area contributed by atoms with Gasteiger partial charge in [-0.3, -0.25) is 4.79 Å². The van der Waals surface area contributed by atoms with E-state index in [4.69, 9.17) is 16.5 Å². The molecule has 0 rings (SSSR count). The summed E-state index contributed by atoms with van der Waals surface area (Å²) < 4.78 is 4.92. The lowest BCUT2D eigenvalue weighted by Crippen LogP contribution is -2.21. The maximum Gasteiger partial charge on any atom is 0.306 e. The summed E-state index contributed by atoms with van der Waals surface area (Å²) in [7, 11) is 0. The number of rotatable bonds is 8. The number of esters is 1. The number of carbonyl (C=O) groups excluding carboxylic acids is 1. The lowest BCUT2D eigenvalue weighted by molar-refractivity contribution is -0.143. The number of carbonyl (C=O) groups is 1. The van der Waals surface area contributed by atoms with Gasteiger partial charge >= 0.3 is 5.97 Å². The summed E-state index contributed by atoms with van der Waals surface area (Å²) in [6, 6.07) is 0. The number of ether oxygens (including phenoxy) is 1. The minimum absolute atomic E-state index is 0.188. The first-order valence-electron chi connectivity index (χ1n) is 5.20. The van der Waals surface area contributed by atoms with Gasteiger partial charge in [0.05, 0.1) is 0 Å². The fraction of sp³-hybridized carbons (Fsp3) is 0.727. The molecule has 0 aliphatic heterocycles. The average molecular weight is 234 g/mol. The molecular formula is C11H20ClNO2. The Labute approximate surface area is 96.9 Å². The maximum atomic E-state index is 11.3. The summed E-state index contributed by atoms with van der Waals surface area (Å²) in [6.07, 6.45) is 2.93. The molecule has 0 radical (unpaired) electrons. The van der Waals surface area contributed by atoms with Crippen LogP contribution in [0.15, 0.2) is 12.7 Å². The second-order valence-corrected chi connectivity index (χ2v) is 4.28. The summed E-state index contributed by atoms with van der Waals surface area (Å²) in [5.74, 6) is 0.597. The van der Waals surface area contributed by atoms with Crippen LogP contribution in [-0.4, -0.2) is 19.1 Å². The fourth-order valence-electron chi connectivity index (χ4n) is 1.46. The molecule has 3 nitrogen and oxygen atoms in total. The SMILES string of the molecule is C=CCOC(=O)CC(CNCl)CC(C)C. The van der Waals surface area contributed by atoms with E-state index >= 15 is 0 Å². The lowest BCUT2D eigenvalue weighted by Gasteiger charge is -2.16. The Morgan fingerprint density at radius 2 is 2.27 bits per heavy atom. The summed E-state index contributed by atoms with van der Waals surface area (Å²) in [4.78, 5) is 13.9. The Balaban J connectivity index is 3.91. The third-order valence-corrected chi connectivity index (χ3v) is 2.14. The summed E-state index contributed by atoms with van der Waals surface area (Å²) in [5.41, 5.74) is 0. The van der Waals surface area contributed by atoms with E-state index in [1.165, 1.54) is 0 Å². The number of nitrogens with one attached hydrogen (secondary N) is 1. The molecule has 4 heteroatoms. The van der Waals surface area contributed by atoms with Crippen molar-refractivity contribution in [1.82, 2.24) is 4.84 Å². The Kier molecular flexibility index (Phi) is 8.43. The van der Waals surface area contributed by atoms with Crippen LogP contribution in [0.25, 0.3) is 0 Å². The van der Waals surface area contributed by atoms with Gasteiger partial charge in [0, 0.05) is 13.0 Å². The highest BCUT2D eigenvalue weighted by molar-refractivity contribution is 6.13. The second kappa shape index (κ2) is 8.74. The number of halogens is 1. The normalized spacial score (nSPS) is 12.5. The first-order valence-corrected chi connectivity index (χ1v) is 5.58. The van der Waals surface area contributed by atoms with Gasteiger partial charge in [0.15, 0.2) is 0 Å². The van der Waals surface area contributed by atoms with Crippen LogP contribution in [0.5, 0.6) is 0 Å². The Hall–Kier alpha value is -0.540. The van der Waals surface area contributed by atoms with Gasteiger partial charge in [-0.05, 0) is 30.0 Å². The standard InChI is InChI=1S/C11H20ClNO2/c1-4-5-15-11(14)7-10(8-13-12)6-9(2)3/h4,9-10,13H,1,5-8H2,2-3H3. The molecule has 0 saturated carbocycles. The molecule has 0 fully saturated rings. The van der Waals surface area contributed by atoms with E-state index in [2.05, 4.69) is 25.3 Å². The minimum atomic E-state index is -0.188. The van der Waals surface area contributed by atoms with E-state index in [-0.39, 0.29) is 18.5 Å². The van der Waals surface area contributed by atoms with Gasteiger partial charge in [0.25, 0.3) is 0 Å². The zero-order valence-electron chi connectivity index (χ0n) is 9.46. The first kappa shape index (κ1) is 14.5. The molecule has 1 N–H and O–H groups in total. The minimum Gasteiger partial charge on any atom is -0.461 e. The van der Waals surface area contributed by atoms with E-state index < -0.39 is 0 Å². The topological polar surface area (TPSA) is 38.3 Å². The van der Waals surface area contributed by atoms with Crippen LogP contribution in [0.1, 0.15) is 26.7 Å². The van der Waals surface area contributed by atoms with Crippen LogP contribution in [0.2, 0.25) is 0 Å². The van der Waals surface area contributed by atoms with E-state index in [0.29, 0.717) is 18.9 Å². The molecule has 0 aliphatic carbocycles. The molecule has 0 aromatic heterocycles. The third kappa shape index (κ3) is 8.45. The Morgan fingerprint density at radius 1 is 1.60 bits per heavy atom. The summed E-state index contributed by atoms with van der Waals surface area (Å²) in [5, 5.41) is 0. The third-order valence-electron chi connectivity index (χ3n) is 1.99. The van der Waals surface area contributed by atoms with Gasteiger partial charge in [-0.1, -0.05) is 26.5 Å². The highest BCUT2D eigenvalue weighted by Crippen LogP contribution is 2.15. The van der Waals surface area contributed by atoms with Crippen molar-refractivity contribution >= 4 is 17.7 Å². The van der Waals surface area contributed by atoms with Gasteiger partial charge in [-0.2, -0.15) is 0 Å². The Bertz CT molecular complexity index is 195. The molecule has 0 amide bonds. The van der Waals surface area contributed by atoms with Crippen molar-refractivity contribution in [3.8, 4) is 0 Å². The molecule has 0 aliphatic rings. The molecule has 0 aromatic rings. The van der Waals surface area contributed by atoms with Crippen LogP contribution in [0, 0.1) is 11.8 Å². The monoisotopic (exact) mass is 233 g/mol. The van der Waals surface area contributed by atoms with E-state index in [1.807, 2.05) is 0 Å². The quantitative estimate of drug-likeness (QED) is 0.398. The predicted octanol–water partition coefficient (Wildman–Crippen LogP) is 2.51. The van der Waals surface area contributed by atoms with Gasteiger partial charge in [-0.15, -0.1) is 0 Å². The zero-order valence-corrected chi connectivity index (χ0v) is 10.2. The molecule has 0 aromatic carbocycles. The molecular weight excluding hydrogens is 214 g/mol. The lowest BCUT2D eigenvalue weighted by atomic mass is 9.94. The van der Waals surface area contributed by atoms with Gasteiger partial charge in [0.1, 0.15) is 6.61 Å². The van der Waals surface area contributed by atoms with Crippen LogP contribution in [0.4, 0.5) is 0 Å². The average Bonchev–Trinajstić information content (AvgIpc) is 2.14. The van der Waals surface area contributed by atoms with Crippen LogP contribution in [-0.2, 0) is 9.53 Å². The maximum absolute atomic E-state index is 11.3. The molecule has 0 saturated heterocycles. The van der Waals surface area contributed by atoms with Gasteiger partial charge in [0.2, 0.25) is 0 Å². The van der Waals surface area contributed by atoms with Crippen molar-refractivity contribution in [2.75, 3.05) is 13.2 Å².